The summed E-state index contributed by atoms with van der Waals surface area (Å²) in [5.41, 5.74) is 0. The van der Waals surface area contributed by atoms with Gasteiger partial charge in [-0.2, -0.15) is 12.8 Å². The molecule has 74 valence electrons. The zero-order valence-corrected chi connectivity index (χ0v) is 11.7. The van der Waals surface area contributed by atoms with E-state index < -0.39 is 0 Å². The van der Waals surface area contributed by atoms with Crippen molar-refractivity contribution < 1.29 is 21.1 Å². The monoisotopic (exact) mass is 340 g/mol. The van der Waals surface area contributed by atoms with Gasteiger partial charge in [-0.25, -0.2) is 0 Å². The first-order valence-electron chi connectivity index (χ1n) is 4.91. The fraction of sp³-hybridized carbons (Fsp3) is 0.818. The Morgan fingerprint density at radius 1 is 0.750 bits per heavy atom. The SMILES string of the molecule is [CH2-]CCCC.[CH2-]CCCCC.[W+2]. The van der Waals surface area contributed by atoms with E-state index in [0.29, 0.717) is 0 Å². The van der Waals surface area contributed by atoms with Gasteiger partial charge in [-0.05, 0) is 0 Å². The summed E-state index contributed by atoms with van der Waals surface area (Å²) in [6, 6.07) is 0. The Bertz CT molecular complexity index is 38.3. The topological polar surface area (TPSA) is 0 Å². The Balaban J connectivity index is -0.000000126. The first-order valence-corrected chi connectivity index (χ1v) is 4.91. The number of rotatable bonds is 5. The molecule has 0 spiro atoms. The van der Waals surface area contributed by atoms with E-state index in [1.807, 2.05) is 0 Å². The smallest absolute Gasteiger partial charge is 0.343 e. The van der Waals surface area contributed by atoms with Crippen molar-refractivity contribution in [3.63, 3.8) is 0 Å². The molecule has 0 radical (unpaired) electrons. The van der Waals surface area contributed by atoms with Crippen LogP contribution in [0.4, 0.5) is 0 Å². The molecule has 12 heavy (non-hydrogen) atoms. The normalized spacial score (nSPS) is 8.00. The van der Waals surface area contributed by atoms with E-state index in [0.717, 1.165) is 12.8 Å². The van der Waals surface area contributed by atoms with Gasteiger partial charge in [-0.15, -0.1) is 0 Å². The van der Waals surface area contributed by atoms with Crippen molar-refractivity contribution in [3.8, 4) is 0 Å². The van der Waals surface area contributed by atoms with Crippen LogP contribution in [-0.2, 0) is 21.1 Å². The van der Waals surface area contributed by atoms with Crippen LogP contribution in [0.5, 0.6) is 0 Å². The molecule has 0 saturated heterocycles. The van der Waals surface area contributed by atoms with Crippen LogP contribution in [0.25, 0.3) is 0 Å². The second-order valence-electron chi connectivity index (χ2n) is 2.77. The second kappa shape index (κ2) is 22.6. The van der Waals surface area contributed by atoms with E-state index >= 15 is 0 Å². The van der Waals surface area contributed by atoms with Gasteiger partial charge in [-0.1, -0.05) is 46.0 Å². The summed E-state index contributed by atoms with van der Waals surface area (Å²) in [7, 11) is 0. The molecule has 0 aliphatic rings. The molecule has 0 amide bonds. The molecule has 0 heterocycles. The van der Waals surface area contributed by atoms with Crippen molar-refractivity contribution in [2.45, 2.75) is 58.8 Å². The molecule has 0 saturated carbocycles. The Hall–Kier alpha value is 0.688. The Labute approximate surface area is 93.8 Å². The molecular formula is C11H24W. The molecule has 0 aromatic heterocycles. The Morgan fingerprint density at radius 2 is 1.17 bits per heavy atom. The summed E-state index contributed by atoms with van der Waals surface area (Å²) >= 11 is 0. The van der Waals surface area contributed by atoms with Crippen LogP contribution in [0.1, 0.15) is 58.8 Å². The Morgan fingerprint density at radius 3 is 1.25 bits per heavy atom. The maximum Gasteiger partial charge on any atom is 2.00 e. The third-order valence-electron chi connectivity index (χ3n) is 1.46. The molecular weight excluding hydrogens is 316 g/mol. The quantitative estimate of drug-likeness (QED) is 0.514. The number of unbranched alkanes of at least 4 members (excludes halogenated alkanes) is 5. The van der Waals surface area contributed by atoms with Gasteiger partial charge in [0.05, 0.1) is 0 Å². The van der Waals surface area contributed by atoms with Crippen LogP contribution in [-0.4, -0.2) is 0 Å². The van der Waals surface area contributed by atoms with Gasteiger partial charge in [0.15, 0.2) is 0 Å². The van der Waals surface area contributed by atoms with E-state index in [1.165, 1.54) is 32.1 Å². The van der Waals surface area contributed by atoms with Gasteiger partial charge < -0.3 is 13.8 Å². The van der Waals surface area contributed by atoms with Crippen LogP contribution in [0.3, 0.4) is 0 Å². The fourth-order valence-electron chi connectivity index (χ4n) is 0.677. The summed E-state index contributed by atoms with van der Waals surface area (Å²) in [6.45, 7) is 11.8. The third kappa shape index (κ3) is 31.0. The maximum absolute atomic E-state index is 3.72. The van der Waals surface area contributed by atoms with E-state index in [9.17, 15) is 0 Å². The molecule has 0 aliphatic heterocycles. The van der Waals surface area contributed by atoms with Crippen molar-refractivity contribution in [2.75, 3.05) is 0 Å². The minimum atomic E-state index is 0. The van der Waals surface area contributed by atoms with Gasteiger partial charge >= 0.3 is 21.1 Å². The van der Waals surface area contributed by atoms with Crippen molar-refractivity contribution in [1.29, 1.82) is 0 Å². The Kier molecular flexibility index (Phi) is 34.8. The van der Waals surface area contributed by atoms with Crippen LogP contribution in [0, 0.1) is 13.8 Å². The predicted octanol–water partition coefficient (Wildman–Crippen LogP) is 4.41. The molecule has 0 fully saturated rings. The van der Waals surface area contributed by atoms with Gasteiger partial charge in [0, 0.05) is 0 Å². The maximum atomic E-state index is 3.72. The third-order valence-corrected chi connectivity index (χ3v) is 1.46. The van der Waals surface area contributed by atoms with Gasteiger partial charge in [-0.3, -0.25) is 0 Å². The van der Waals surface area contributed by atoms with E-state index in [4.69, 9.17) is 0 Å². The summed E-state index contributed by atoms with van der Waals surface area (Å²) in [5.74, 6) is 0. The zero-order valence-electron chi connectivity index (χ0n) is 8.77. The molecule has 0 aliphatic carbocycles. The molecule has 0 rings (SSSR count). The number of hydrogen-bond donors (Lipinski definition) is 0. The average Bonchev–Trinajstić information content (AvgIpc) is 2.04. The molecule has 0 atom stereocenters. The van der Waals surface area contributed by atoms with Crippen molar-refractivity contribution >= 4 is 0 Å². The summed E-state index contributed by atoms with van der Waals surface area (Å²) in [6.07, 6.45) is 8.73. The number of hydrogen-bond acceptors (Lipinski definition) is 0. The zero-order chi connectivity index (χ0) is 8.95. The second-order valence-corrected chi connectivity index (χ2v) is 2.77. The fourth-order valence-corrected chi connectivity index (χ4v) is 0.677. The van der Waals surface area contributed by atoms with Gasteiger partial charge in [0.25, 0.3) is 0 Å². The van der Waals surface area contributed by atoms with Crippen LogP contribution >= 0.6 is 0 Å². The van der Waals surface area contributed by atoms with Crippen molar-refractivity contribution in [2.24, 2.45) is 0 Å². The van der Waals surface area contributed by atoms with Gasteiger partial charge in [0.2, 0.25) is 0 Å². The van der Waals surface area contributed by atoms with E-state index in [1.54, 1.807) is 0 Å². The van der Waals surface area contributed by atoms with Crippen LogP contribution in [0.2, 0.25) is 0 Å². The molecule has 0 N–H and O–H groups in total. The van der Waals surface area contributed by atoms with Crippen LogP contribution in [0.15, 0.2) is 0 Å². The van der Waals surface area contributed by atoms with Crippen molar-refractivity contribution in [3.05, 3.63) is 13.8 Å². The van der Waals surface area contributed by atoms with Crippen molar-refractivity contribution in [1.82, 2.24) is 0 Å². The minimum absolute atomic E-state index is 0. The van der Waals surface area contributed by atoms with E-state index in [-0.39, 0.29) is 21.1 Å². The largest absolute Gasteiger partial charge is 2.00 e. The summed E-state index contributed by atoms with van der Waals surface area (Å²) in [4.78, 5) is 0. The first kappa shape index (κ1) is 18.5. The summed E-state index contributed by atoms with van der Waals surface area (Å²) in [5, 5.41) is 0. The molecule has 0 aromatic carbocycles. The molecule has 0 nitrogen and oxygen atoms in total. The first-order chi connectivity index (χ1) is 5.33. The minimum Gasteiger partial charge on any atom is -0.343 e. The average molecular weight is 340 g/mol. The van der Waals surface area contributed by atoms with Gasteiger partial charge in [0.1, 0.15) is 0 Å². The standard InChI is InChI=1S/C6H13.C5H11.W/c1-3-5-6-4-2;1-3-5-4-2;/h1,3-6H2,2H3;1,3-5H2,2H3;/q2*-1;+2. The molecule has 0 aromatic rings. The molecule has 0 bridgehead atoms. The van der Waals surface area contributed by atoms with Crippen LogP contribution < -0.4 is 0 Å². The predicted molar refractivity (Wildman–Crippen MR) is 54.4 cm³/mol. The van der Waals surface area contributed by atoms with E-state index in [2.05, 4.69) is 27.7 Å². The molecule has 0 unspecified atom stereocenters. The molecule has 1 heteroatoms. The summed E-state index contributed by atoms with van der Waals surface area (Å²) < 4.78 is 0.